The minimum atomic E-state index is -0.129. The normalized spacial score (nSPS) is 12.3. The summed E-state index contributed by atoms with van der Waals surface area (Å²) in [5.74, 6) is 0.967. The molecule has 138 valence electrons. The highest BCUT2D eigenvalue weighted by Gasteiger charge is 2.07. The van der Waals surface area contributed by atoms with Crippen LogP contribution in [-0.4, -0.2) is 43.5 Å². The van der Waals surface area contributed by atoms with Crippen LogP contribution in [-0.2, 0) is 0 Å². The highest BCUT2D eigenvalue weighted by molar-refractivity contribution is 5.93. The maximum Gasteiger partial charge on any atom is 0.252 e. The molecule has 0 spiro atoms. The Morgan fingerprint density at radius 1 is 1.15 bits per heavy atom. The van der Waals surface area contributed by atoms with E-state index in [0.29, 0.717) is 24.6 Å². The zero-order valence-electron chi connectivity index (χ0n) is 15.6. The van der Waals surface area contributed by atoms with Gasteiger partial charge in [0.2, 0.25) is 0 Å². The Morgan fingerprint density at radius 2 is 1.96 bits per heavy atom. The molecule has 0 saturated carbocycles. The van der Waals surface area contributed by atoms with E-state index < -0.39 is 0 Å². The summed E-state index contributed by atoms with van der Waals surface area (Å²) in [6.45, 7) is 6.16. The molecule has 1 aromatic carbocycles. The SMILES string of the molecule is CN=C(NCCNC(=O)c1cccnc1)NCC(C)c1cccc(C)c1. The fourth-order valence-electron chi connectivity index (χ4n) is 2.52. The predicted octanol–water partition coefficient (Wildman–Crippen LogP) is 2.09. The first-order chi connectivity index (χ1) is 12.6. The van der Waals surface area contributed by atoms with E-state index in [1.54, 1.807) is 31.6 Å². The third-order valence-electron chi connectivity index (χ3n) is 4.04. The van der Waals surface area contributed by atoms with Crippen LogP contribution in [0.4, 0.5) is 0 Å². The molecule has 3 N–H and O–H groups in total. The number of pyridine rings is 1. The molecule has 2 aromatic rings. The summed E-state index contributed by atoms with van der Waals surface area (Å²) in [7, 11) is 1.74. The number of hydrogen-bond acceptors (Lipinski definition) is 3. The van der Waals surface area contributed by atoms with Gasteiger partial charge in [-0.05, 0) is 30.5 Å². The molecule has 1 unspecified atom stereocenters. The minimum Gasteiger partial charge on any atom is -0.356 e. The molecule has 1 amide bonds. The fraction of sp³-hybridized carbons (Fsp3) is 0.350. The van der Waals surface area contributed by atoms with E-state index in [1.807, 2.05) is 0 Å². The van der Waals surface area contributed by atoms with Gasteiger partial charge in [-0.2, -0.15) is 0 Å². The van der Waals surface area contributed by atoms with Gasteiger partial charge in [0.25, 0.3) is 5.91 Å². The van der Waals surface area contributed by atoms with E-state index in [2.05, 4.69) is 64.0 Å². The van der Waals surface area contributed by atoms with E-state index in [9.17, 15) is 4.79 Å². The predicted molar refractivity (Wildman–Crippen MR) is 106 cm³/mol. The van der Waals surface area contributed by atoms with Crippen LogP contribution in [0.1, 0.15) is 34.3 Å². The molecule has 0 aliphatic heterocycles. The van der Waals surface area contributed by atoms with Crippen LogP contribution in [0, 0.1) is 6.92 Å². The molecule has 0 aliphatic rings. The van der Waals surface area contributed by atoms with Gasteiger partial charge >= 0.3 is 0 Å². The van der Waals surface area contributed by atoms with Gasteiger partial charge in [-0.25, -0.2) is 0 Å². The number of aryl methyl sites for hydroxylation is 1. The number of carbonyl (C=O) groups is 1. The van der Waals surface area contributed by atoms with Gasteiger partial charge in [-0.3, -0.25) is 14.8 Å². The molecule has 2 rings (SSSR count). The molecule has 6 heteroatoms. The number of amides is 1. The molecule has 26 heavy (non-hydrogen) atoms. The summed E-state index contributed by atoms with van der Waals surface area (Å²) in [6, 6.07) is 12.0. The van der Waals surface area contributed by atoms with Crippen LogP contribution in [0.15, 0.2) is 53.8 Å². The number of aromatic nitrogens is 1. The Morgan fingerprint density at radius 3 is 2.65 bits per heavy atom. The molecule has 1 atom stereocenters. The van der Waals surface area contributed by atoms with Crippen LogP contribution in [0.3, 0.4) is 0 Å². The maximum absolute atomic E-state index is 11.9. The summed E-state index contributed by atoms with van der Waals surface area (Å²) >= 11 is 0. The lowest BCUT2D eigenvalue weighted by atomic mass is 9.99. The Labute approximate surface area is 155 Å². The molecule has 1 aromatic heterocycles. The lowest BCUT2D eigenvalue weighted by Gasteiger charge is -2.17. The number of aliphatic imine (C=N–C) groups is 1. The lowest BCUT2D eigenvalue weighted by molar-refractivity contribution is 0.0954. The van der Waals surface area contributed by atoms with E-state index >= 15 is 0 Å². The van der Waals surface area contributed by atoms with Gasteiger partial charge in [0.05, 0.1) is 5.56 Å². The summed E-state index contributed by atoms with van der Waals surface area (Å²) in [6.07, 6.45) is 3.20. The average molecular weight is 353 g/mol. The quantitative estimate of drug-likeness (QED) is 0.405. The number of nitrogens with one attached hydrogen (secondary N) is 3. The second-order valence-corrected chi connectivity index (χ2v) is 6.19. The molecular formula is C20H27N5O. The third kappa shape index (κ3) is 6.20. The van der Waals surface area contributed by atoms with E-state index in [0.717, 1.165) is 12.5 Å². The standard InChI is InChI=1S/C20H27N5O/c1-15-6-4-7-17(12-15)16(2)13-25-20(21-3)24-11-10-23-19(26)18-8-5-9-22-14-18/h4-9,12,14,16H,10-11,13H2,1-3H3,(H,23,26)(H2,21,24,25). The second-order valence-electron chi connectivity index (χ2n) is 6.19. The zero-order chi connectivity index (χ0) is 18.8. The summed E-state index contributed by atoms with van der Waals surface area (Å²) in [5, 5.41) is 9.38. The zero-order valence-corrected chi connectivity index (χ0v) is 15.6. The molecule has 0 radical (unpaired) electrons. The Hall–Kier alpha value is -2.89. The van der Waals surface area contributed by atoms with Crippen molar-refractivity contribution in [3.63, 3.8) is 0 Å². The first-order valence-electron chi connectivity index (χ1n) is 8.79. The first-order valence-corrected chi connectivity index (χ1v) is 8.79. The topological polar surface area (TPSA) is 78.4 Å². The Bertz CT molecular complexity index is 730. The van der Waals surface area contributed by atoms with Crippen LogP contribution in [0.2, 0.25) is 0 Å². The number of guanidine groups is 1. The molecule has 0 aliphatic carbocycles. The number of benzene rings is 1. The summed E-state index contributed by atoms with van der Waals surface area (Å²) in [4.78, 5) is 20.1. The first kappa shape index (κ1) is 19.4. The number of carbonyl (C=O) groups excluding carboxylic acids is 1. The van der Waals surface area contributed by atoms with E-state index in [-0.39, 0.29) is 5.91 Å². The average Bonchev–Trinajstić information content (AvgIpc) is 2.67. The van der Waals surface area contributed by atoms with Crippen molar-refractivity contribution in [3.8, 4) is 0 Å². The van der Waals surface area contributed by atoms with Crippen molar-refractivity contribution in [2.24, 2.45) is 4.99 Å². The van der Waals surface area contributed by atoms with Gasteiger partial charge in [-0.1, -0.05) is 36.8 Å². The maximum atomic E-state index is 11.9. The highest BCUT2D eigenvalue weighted by Crippen LogP contribution is 2.15. The second kappa shape index (κ2) is 10.2. The molecule has 0 saturated heterocycles. The van der Waals surface area contributed by atoms with Crippen LogP contribution < -0.4 is 16.0 Å². The van der Waals surface area contributed by atoms with Gasteiger partial charge in [0.15, 0.2) is 5.96 Å². The summed E-state index contributed by atoms with van der Waals surface area (Å²) in [5.41, 5.74) is 3.12. The number of hydrogen-bond donors (Lipinski definition) is 3. The minimum absolute atomic E-state index is 0.129. The van der Waals surface area contributed by atoms with Gasteiger partial charge in [0, 0.05) is 39.1 Å². The van der Waals surface area contributed by atoms with Gasteiger partial charge < -0.3 is 16.0 Å². The smallest absolute Gasteiger partial charge is 0.252 e. The highest BCUT2D eigenvalue weighted by atomic mass is 16.1. The third-order valence-corrected chi connectivity index (χ3v) is 4.04. The van der Waals surface area contributed by atoms with Crippen molar-refractivity contribution in [2.45, 2.75) is 19.8 Å². The van der Waals surface area contributed by atoms with E-state index in [1.165, 1.54) is 11.1 Å². The molecule has 6 nitrogen and oxygen atoms in total. The Balaban J connectivity index is 1.70. The fourth-order valence-corrected chi connectivity index (χ4v) is 2.52. The van der Waals surface area contributed by atoms with Crippen molar-refractivity contribution in [1.82, 2.24) is 20.9 Å². The summed E-state index contributed by atoms with van der Waals surface area (Å²) < 4.78 is 0. The van der Waals surface area contributed by atoms with Crippen molar-refractivity contribution in [2.75, 3.05) is 26.7 Å². The van der Waals surface area contributed by atoms with Gasteiger partial charge in [0.1, 0.15) is 0 Å². The van der Waals surface area contributed by atoms with Crippen molar-refractivity contribution < 1.29 is 4.79 Å². The molecule has 0 fully saturated rings. The Kier molecular flexibility index (Phi) is 7.61. The van der Waals surface area contributed by atoms with Crippen molar-refractivity contribution in [3.05, 3.63) is 65.5 Å². The lowest BCUT2D eigenvalue weighted by Crippen LogP contribution is -2.42. The van der Waals surface area contributed by atoms with E-state index in [4.69, 9.17) is 0 Å². The molecule has 0 bridgehead atoms. The largest absolute Gasteiger partial charge is 0.356 e. The van der Waals surface area contributed by atoms with Crippen LogP contribution >= 0.6 is 0 Å². The van der Waals surface area contributed by atoms with Crippen molar-refractivity contribution in [1.29, 1.82) is 0 Å². The number of nitrogens with zero attached hydrogens (tertiary/aromatic N) is 2. The van der Waals surface area contributed by atoms with Crippen LogP contribution in [0.5, 0.6) is 0 Å². The molecule has 1 heterocycles. The number of rotatable bonds is 7. The van der Waals surface area contributed by atoms with Crippen molar-refractivity contribution >= 4 is 11.9 Å². The van der Waals surface area contributed by atoms with Crippen LogP contribution in [0.25, 0.3) is 0 Å². The van der Waals surface area contributed by atoms with Gasteiger partial charge in [-0.15, -0.1) is 0 Å². The molecular weight excluding hydrogens is 326 g/mol. The monoisotopic (exact) mass is 353 g/mol.